The maximum Gasteiger partial charge on any atom is 0.417 e. The molecule has 1 fully saturated rings. The molecule has 3 aromatic rings. The van der Waals surface area contributed by atoms with Crippen LogP contribution in [-0.4, -0.2) is 71.6 Å². The Bertz CT molecular complexity index is 1710. The molecule has 1 atom stereocenters. The third kappa shape index (κ3) is 5.91. The molecule has 0 radical (unpaired) electrons. The monoisotopic (exact) mass is 600 g/mol. The molecule has 1 aromatic carbocycles. The first-order valence-corrected chi connectivity index (χ1v) is 13.1. The number of anilines is 3. The summed E-state index contributed by atoms with van der Waals surface area (Å²) in [5, 5.41) is 2.25. The number of hydrogen-bond donors (Lipinski definition) is 2. The number of benzene rings is 1. The summed E-state index contributed by atoms with van der Waals surface area (Å²) < 4.78 is 73.2. The number of nitrogens with one attached hydrogen (secondary N) is 2. The molecule has 0 unspecified atom stereocenters. The number of piperazine rings is 1. The third-order valence-corrected chi connectivity index (χ3v) is 7.50. The van der Waals surface area contributed by atoms with E-state index in [1.165, 1.54) is 6.20 Å². The van der Waals surface area contributed by atoms with E-state index in [-0.39, 0.29) is 42.4 Å². The van der Waals surface area contributed by atoms with Gasteiger partial charge in [0.15, 0.2) is 11.6 Å². The molecule has 0 spiro atoms. The number of H-pyrrole nitrogens is 1. The molecule has 10 nitrogen and oxygen atoms in total. The van der Waals surface area contributed by atoms with E-state index in [1.54, 1.807) is 21.9 Å². The molecule has 2 aliphatic heterocycles. The summed E-state index contributed by atoms with van der Waals surface area (Å²) in [6, 6.07) is 2.83. The summed E-state index contributed by atoms with van der Waals surface area (Å²) in [6.45, 7) is 10.4. The molecule has 4 heterocycles. The number of pyridine rings is 1. The van der Waals surface area contributed by atoms with Crippen molar-refractivity contribution in [2.24, 2.45) is 0 Å². The van der Waals surface area contributed by atoms with Gasteiger partial charge in [-0.25, -0.2) is 8.78 Å². The van der Waals surface area contributed by atoms with E-state index in [9.17, 15) is 22.8 Å². The summed E-state index contributed by atoms with van der Waals surface area (Å²) >= 11 is 0. The van der Waals surface area contributed by atoms with Gasteiger partial charge in [0.2, 0.25) is 5.56 Å². The summed E-state index contributed by atoms with van der Waals surface area (Å²) in [4.78, 5) is 43.4. The Kier molecular flexibility index (Phi) is 7.89. The zero-order valence-corrected chi connectivity index (χ0v) is 23.0. The summed E-state index contributed by atoms with van der Waals surface area (Å²) in [7, 11) is 1.89. The Labute approximate surface area is 242 Å². The standard InChI is InChI=1S/C28H25F5N8O2/c1-15-13-40(9-8-39(15)3)20-11-19(29)23(16-5-7-41(14-16)21-4-6-35-27(34-2)37-21)24(30)25(20)38-26(43)17-12-36-22(42)10-18(17)28(31,32)33/h4-6,10-12,15H,7-9,13-14H2,1,3H3,(H,36,42)(H,38,43)/t15-/m0/s1. The Hall–Kier alpha value is -4.84. The minimum Gasteiger partial charge on any atom is -0.394 e. The van der Waals surface area contributed by atoms with E-state index in [4.69, 9.17) is 6.57 Å². The van der Waals surface area contributed by atoms with Gasteiger partial charge in [-0.05, 0) is 19.5 Å². The first kappa shape index (κ1) is 29.6. The summed E-state index contributed by atoms with van der Waals surface area (Å²) in [5.41, 5.74) is -4.26. The minimum absolute atomic E-state index is 0.00128. The highest BCUT2D eigenvalue weighted by molar-refractivity contribution is 6.07. The predicted molar refractivity (Wildman–Crippen MR) is 149 cm³/mol. The first-order chi connectivity index (χ1) is 20.4. The zero-order valence-electron chi connectivity index (χ0n) is 23.0. The number of aromatic amines is 1. The minimum atomic E-state index is -5.05. The molecule has 15 heteroatoms. The van der Waals surface area contributed by atoms with Gasteiger partial charge in [0.25, 0.3) is 5.91 Å². The maximum atomic E-state index is 16.4. The number of amides is 1. The lowest BCUT2D eigenvalue weighted by Gasteiger charge is -2.40. The lowest BCUT2D eigenvalue weighted by molar-refractivity contribution is -0.138. The van der Waals surface area contributed by atoms with Crippen LogP contribution in [-0.2, 0) is 6.18 Å². The van der Waals surface area contributed by atoms with Crippen molar-refractivity contribution in [2.75, 3.05) is 54.9 Å². The van der Waals surface area contributed by atoms with Crippen molar-refractivity contribution in [2.45, 2.75) is 19.1 Å². The van der Waals surface area contributed by atoms with Crippen molar-refractivity contribution in [3.05, 3.63) is 86.8 Å². The molecule has 2 aliphatic rings. The number of carbonyl (C=O) groups is 1. The highest BCUT2D eigenvalue weighted by Gasteiger charge is 2.37. The molecule has 1 amide bonds. The fourth-order valence-corrected chi connectivity index (χ4v) is 5.09. The van der Waals surface area contributed by atoms with Crippen molar-refractivity contribution in [3.63, 3.8) is 0 Å². The number of hydrogen-bond acceptors (Lipinski definition) is 7. The number of likely N-dealkylation sites (N-methyl/N-ethyl adjacent to an activating group) is 1. The Morgan fingerprint density at radius 1 is 1.21 bits per heavy atom. The second-order valence-electron chi connectivity index (χ2n) is 10.2. The quantitative estimate of drug-likeness (QED) is 0.333. The largest absolute Gasteiger partial charge is 0.417 e. The van der Waals surface area contributed by atoms with Gasteiger partial charge >= 0.3 is 12.1 Å². The predicted octanol–water partition coefficient (Wildman–Crippen LogP) is 4.31. The SMILES string of the molecule is [C-]#[N+]c1nccc(N2CC=C(c3c(F)cc(N4CCN(C)[C@@H](C)C4)c(NC(=O)c4c[nH]c(=O)cc4C(F)(F)F)c3F)C2)n1. The molecule has 0 aliphatic carbocycles. The molecule has 2 aromatic heterocycles. The zero-order chi connectivity index (χ0) is 31.1. The van der Waals surface area contributed by atoms with Gasteiger partial charge in [0.05, 0.1) is 28.6 Å². The highest BCUT2D eigenvalue weighted by Crippen LogP contribution is 2.39. The van der Waals surface area contributed by atoms with Gasteiger partial charge in [-0.15, -0.1) is 11.6 Å². The van der Waals surface area contributed by atoms with Crippen molar-refractivity contribution < 1.29 is 26.7 Å². The number of aromatic nitrogens is 3. The fraction of sp³-hybridized carbons (Fsp3) is 0.321. The number of alkyl halides is 3. The van der Waals surface area contributed by atoms with Gasteiger partial charge in [-0.1, -0.05) is 6.08 Å². The lowest BCUT2D eigenvalue weighted by atomic mass is 10.0. The van der Waals surface area contributed by atoms with Gasteiger partial charge in [-0.2, -0.15) is 18.2 Å². The van der Waals surface area contributed by atoms with Gasteiger partial charge in [-0.3, -0.25) is 9.59 Å². The molecule has 2 N–H and O–H groups in total. The van der Waals surface area contributed by atoms with Crippen LogP contribution >= 0.6 is 0 Å². The fourth-order valence-electron chi connectivity index (χ4n) is 5.09. The van der Waals surface area contributed by atoms with Crippen LogP contribution in [0.25, 0.3) is 10.4 Å². The topological polar surface area (TPSA) is 102 Å². The number of halogens is 5. The van der Waals surface area contributed by atoms with Gasteiger partial charge in [0, 0.05) is 63.2 Å². The van der Waals surface area contributed by atoms with E-state index in [1.807, 2.05) is 23.9 Å². The lowest BCUT2D eigenvalue weighted by Crippen LogP contribution is -2.50. The smallest absolute Gasteiger partial charge is 0.394 e. The average molecular weight is 601 g/mol. The second-order valence-corrected chi connectivity index (χ2v) is 10.2. The van der Waals surface area contributed by atoms with Crippen LogP contribution in [0.4, 0.5) is 45.1 Å². The molecule has 0 saturated carbocycles. The van der Waals surface area contributed by atoms with E-state index >= 15 is 8.78 Å². The van der Waals surface area contributed by atoms with Crippen molar-refractivity contribution in [3.8, 4) is 0 Å². The molecule has 224 valence electrons. The molecular weight excluding hydrogens is 575 g/mol. The van der Waals surface area contributed by atoms with Crippen LogP contribution in [0.1, 0.15) is 28.4 Å². The Balaban J connectivity index is 1.56. The van der Waals surface area contributed by atoms with Crippen LogP contribution in [0.2, 0.25) is 0 Å². The van der Waals surface area contributed by atoms with Crippen LogP contribution in [0.3, 0.4) is 0 Å². The summed E-state index contributed by atoms with van der Waals surface area (Å²) in [5.74, 6) is -3.15. The Morgan fingerprint density at radius 2 is 1.98 bits per heavy atom. The maximum absolute atomic E-state index is 16.4. The van der Waals surface area contributed by atoms with Crippen LogP contribution in [0.5, 0.6) is 0 Å². The number of nitrogens with zero attached hydrogens (tertiary/aromatic N) is 6. The van der Waals surface area contributed by atoms with Crippen molar-refractivity contribution >= 4 is 34.6 Å². The van der Waals surface area contributed by atoms with E-state index in [0.29, 0.717) is 31.6 Å². The van der Waals surface area contributed by atoms with E-state index in [2.05, 4.69) is 20.1 Å². The summed E-state index contributed by atoms with van der Waals surface area (Å²) in [6.07, 6.45) is -1.49. The molecule has 43 heavy (non-hydrogen) atoms. The molecular formula is C28H25F5N8O2. The second kappa shape index (κ2) is 11.4. The number of carbonyl (C=O) groups excluding carboxylic acids is 1. The van der Waals surface area contributed by atoms with E-state index < -0.39 is 51.7 Å². The van der Waals surface area contributed by atoms with Gasteiger partial charge in [0.1, 0.15) is 11.5 Å². The van der Waals surface area contributed by atoms with Crippen LogP contribution < -0.4 is 20.7 Å². The average Bonchev–Trinajstić information content (AvgIpc) is 3.45. The van der Waals surface area contributed by atoms with Crippen LogP contribution in [0.15, 0.2) is 41.5 Å². The van der Waals surface area contributed by atoms with Crippen molar-refractivity contribution in [1.82, 2.24) is 19.9 Å². The van der Waals surface area contributed by atoms with E-state index in [0.717, 1.165) is 6.07 Å². The normalized spacial score (nSPS) is 17.5. The Morgan fingerprint density at radius 3 is 2.67 bits per heavy atom. The highest BCUT2D eigenvalue weighted by atomic mass is 19.4. The molecule has 5 rings (SSSR count). The molecule has 0 bridgehead atoms. The first-order valence-electron chi connectivity index (χ1n) is 13.1. The van der Waals surface area contributed by atoms with Gasteiger partial charge < -0.3 is 29.8 Å². The number of rotatable bonds is 5. The van der Waals surface area contributed by atoms with Crippen LogP contribution in [0, 0.1) is 18.2 Å². The van der Waals surface area contributed by atoms with Crippen molar-refractivity contribution in [1.29, 1.82) is 0 Å². The third-order valence-electron chi connectivity index (χ3n) is 7.50. The molecule has 1 saturated heterocycles.